The van der Waals surface area contributed by atoms with Gasteiger partial charge < -0.3 is 9.88 Å². The van der Waals surface area contributed by atoms with Gasteiger partial charge in [0.2, 0.25) is 0 Å². The number of hydrogen-bond acceptors (Lipinski definition) is 2. The van der Waals surface area contributed by atoms with Gasteiger partial charge in [-0.25, -0.2) is 4.98 Å². The van der Waals surface area contributed by atoms with E-state index in [2.05, 4.69) is 35.9 Å². The molecule has 1 aromatic rings. The third kappa shape index (κ3) is 4.08. The van der Waals surface area contributed by atoms with Crippen molar-refractivity contribution in [2.24, 2.45) is 18.9 Å². The fourth-order valence-electron chi connectivity index (χ4n) is 3.67. The third-order valence-corrected chi connectivity index (χ3v) is 5.12. The Hall–Kier alpha value is -0.830. The maximum Gasteiger partial charge on any atom is 0.109 e. The Labute approximate surface area is 124 Å². The summed E-state index contributed by atoms with van der Waals surface area (Å²) in [5, 5.41) is 3.54. The molecule has 1 unspecified atom stereocenters. The smallest absolute Gasteiger partial charge is 0.109 e. The number of hydrogen-bond donors (Lipinski definition) is 1. The monoisotopic (exact) mass is 277 g/mol. The zero-order valence-corrected chi connectivity index (χ0v) is 13.4. The van der Waals surface area contributed by atoms with Crippen molar-refractivity contribution in [3.05, 3.63) is 18.2 Å². The second-order valence-electron chi connectivity index (χ2n) is 6.48. The Balaban J connectivity index is 1.82. The van der Waals surface area contributed by atoms with Crippen molar-refractivity contribution in [1.29, 1.82) is 0 Å². The lowest BCUT2D eigenvalue weighted by Crippen LogP contribution is -2.38. The van der Waals surface area contributed by atoms with E-state index >= 15 is 0 Å². The molecule has 1 N–H and O–H groups in total. The van der Waals surface area contributed by atoms with Crippen LogP contribution in [0.1, 0.15) is 57.7 Å². The first kappa shape index (κ1) is 15.6. The van der Waals surface area contributed by atoms with Crippen LogP contribution in [0.2, 0.25) is 0 Å². The largest absolute Gasteiger partial charge is 0.338 e. The molecular formula is C17H31N3. The SMILES string of the molecule is CCCCC1CCC(C(Cc2nccn2C)NC)CC1. The maximum absolute atomic E-state index is 4.48. The number of nitrogens with one attached hydrogen (secondary N) is 1. The molecule has 0 aromatic carbocycles. The van der Waals surface area contributed by atoms with Gasteiger partial charge in [-0.3, -0.25) is 0 Å². The lowest BCUT2D eigenvalue weighted by Gasteiger charge is -2.33. The quantitative estimate of drug-likeness (QED) is 0.826. The molecule has 0 spiro atoms. The molecule has 0 bridgehead atoms. The van der Waals surface area contributed by atoms with Crippen molar-refractivity contribution in [2.75, 3.05) is 7.05 Å². The molecule has 114 valence electrons. The first-order chi connectivity index (χ1) is 9.74. The minimum absolute atomic E-state index is 0.586. The van der Waals surface area contributed by atoms with E-state index in [0.29, 0.717) is 6.04 Å². The Morgan fingerprint density at radius 3 is 2.65 bits per heavy atom. The summed E-state index contributed by atoms with van der Waals surface area (Å²) < 4.78 is 2.15. The maximum atomic E-state index is 4.48. The molecule has 0 radical (unpaired) electrons. The van der Waals surface area contributed by atoms with Crippen LogP contribution in [-0.2, 0) is 13.5 Å². The number of aryl methyl sites for hydroxylation is 1. The van der Waals surface area contributed by atoms with Crippen LogP contribution in [0.15, 0.2) is 12.4 Å². The van der Waals surface area contributed by atoms with Crippen LogP contribution in [-0.4, -0.2) is 22.6 Å². The molecule has 0 amide bonds. The summed E-state index contributed by atoms with van der Waals surface area (Å²) in [6, 6.07) is 0.586. The molecular weight excluding hydrogens is 246 g/mol. The summed E-state index contributed by atoms with van der Waals surface area (Å²) in [5.41, 5.74) is 0. The molecule has 1 heterocycles. The number of aromatic nitrogens is 2. The van der Waals surface area contributed by atoms with E-state index in [1.54, 1.807) is 0 Å². The molecule has 0 saturated heterocycles. The Bertz CT molecular complexity index is 377. The molecule has 1 aliphatic rings. The Morgan fingerprint density at radius 2 is 2.10 bits per heavy atom. The second-order valence-corrected chi connectivity index (χ2v) is 6.48. The lowest BCUT2D eigenvalue weighted by atomic mass is 9.76. The fraction of sp³-hybridized carbons (Fsp3) is 0.824. The van der Waals surface area contributed by atoms with Crippen LogP contribution in [0, 0.1) is 11.8 Å². The highest BCUT2D eigenvalue weighted by Gasteiger charge is 2.27. The highest BCUT2D eigenvalue weighted by Crippen LogP contribution is 2.34. The van der Waals surface area contributed by atoms with Crippen molar-refractivity contribution in [3.8, 4) is 0 Å². The molecule has 20 heavy (non-hydrogen) atoms. The highest BCUT2D eigenvalue weighted by atomic mass is 15.0. The molecule has 1 aliphatic carbocycles. The molecule has 1 atom stereocenters. The van der Waals surface area contributed by atoms with Crippen LogP contribution >= 0.6 is 0 Å². The second kappa shape index (κ2) is 7.82. The van der Waals surface area contributed by atoms with Gasteiger partial charge in [-0.15, -0.1) is 0 Å². The van der Waals surface area contributed by atoms with Gasteiger partial charge in [-0.2, -0.15) is 0 Å². The average molecular weight is 277 g/mol. The third-order valence-electron chi connectivity index (χ3n) is 5.12. The predicted octanol–water partition coefficient (Wildman–Crippen LogP) is 3.55. The van der Waals surface area contributed by atoms with Crippen LogP contribution in [0.3, 0.4) is 0 Å². The van der Waals surface area contributed by atoms with E-state index in [1.807, 2.05) is 12.4 Å². The van der Waals surface area contributed by atoms with Gasteiger partial charge in [-0.1, -0.05) is 39.0 Å². The number of likely N-dealkylation sites (N-methyl/N-ethyl adjacent to an activating group) is 1. The first-order valence-electron chi connectivity index (χ1n) is 8.38. The van der Waals surface area contributed by atoms with Crippen molar-refractivity contribution in [3.63, 3.8) is 0 Å². The molecule has 3 nitrogen and oxygen atoms in total. The van der Waals surface area contributed by atoms with Gasteiger partial charge in [0.15, 0.2) is 0 Å². The van der Waals surface area contributed by atoms with E-state index in [9.17, 15) is 0 Å². The summed E-state index contributed by atoms with van der Waals surface area (Å²) in [5.74, 6) is 3.03. The normalized spacial score (nSPS) is 24.8. The predicted molar refractivity (Wildman–Crippen MR) is 84.7 cm³/mol. The van der Waals surface area contributed by atoms with Crippen LogP contribution in [0.25, 0.3) is 0 Å². The fourth-order valence-corrected chi connectivity index (χ4v) is 3.67. The summed E-state index contributed by atoms with van der Waals surface area (Å²) in [7, 11) is 4.20. The number of rotatable bonds is 7. The van der Waals surface area contributed by atoms with Crippen LogP contribution in [0.5, 0.6) is 0 Å². The standard InChI is InChI=1S/C17H31N3/c1-4-5-6-14-7-9-15(10-8-14)16(18-2)13-17-19-11-12-20(17)3/h11-12,14-16,18H,4-10,13H2,1-3H3. The number of imidazole rings is 1. The van der Waals surface area contributed by atoms with Crippen molar-refractivity contribution >= 4 is 0 Å². The molecule has 1 saturated carbocycles. The molecule has 3 heteroatoms. The minimum Gasteiger partial charge on any atom is -0.338 e. The van der Waals surface area contributed by atoms with Gasteiger partial charge in [0.1, 0.15) is 5.82 Å². The van der Waals surface area contributed by atoms with Crippen molar-refractivity contribution in [1.82, 2.24) is 14.9 Å². The summed E-state index contributed by atoms with van der Waals surface area (Å²) >= 11 is 0. The van der Waals surface area contributed by atoms with E-state index in [0.717, 1.165) is 18.3 Å². The lowest BCUT2D eigenvalue weighted by molar-refractivity contribution is 0.214. The van der Waals surface area contributed by atoms with Gasteiger partial charge in [0.25, 0.3) is 0 Å². The minimum atomic E-state index is 0.586. The zero-order valence-electron chi connectivity index (χ0n) is 13.4. The molecule has 2 rings (SSSR count). The van der Waals surface area contributed by atoms with Crippen molar-refractivity contribution < 1.29 is 0 Å². The summed E-state index contributed by atoms with van der Waals surface area (Å²) in [4.78, 5) is 4.48. The van der Waals surface area contributed by atoms with Gasteiger partial charge in [0, 0.05) is 31.9 Å². The molecule has 1 aromatic heterocycles. The molecule has 0 aliphatic heterocycles. The van der Waals surface area contributed by atoms with E-state index < -0.39 is 0 Å². The van der Waals surface area contributed by atoms with Gasteiger partial charge >= 0.3 is 0 Å². The highest BCUT2D eigenvalue weighted by molar-refractivity contribution is 4.96. The van der Waals surface area contributed by atoms with Crippen LogP contribution < -0.4 is 5.32 Å². The molecule has 1 fully saturated rings. The Kier molecular flexibility index (Phi) is 6.08. The zero-order chi connectivity index (χ0) is 14.4. The van der Waals surface area contributed by atoms with Crippen molar-refractivity contribution in [2.45, 2.75) is 64.3 Å². The Morgan fingerprint density at radius 1 is 1.35 bits per heavy atom. The van der Waals surface area contributed by atoms with E-state index in [4.69, 9.17) is 0 Å². The topological polar surface area (TPSA) is 29.9 Å². The van der Waals surface area contributed by atoms with Gasteiger partial charge in [-0.05, 0) is 31.7 Å². The average Bonchev–Trinajstić information content (AvgIpc) is 2.88. The number of nitrogens with zero attached hydrogens (tertiary/aromatic N) is 2. The summed E-state index contributed by atoms with van der Waals surface area (Å²) in [6.07, 6.45) is 14.9. The number of unbranched alkanes of at least 4 members (excludes halogenated alkanes) is 1. The first-order valence-corrected chi connectivity index (χ1v) is 8.38. The van der Waals surface area contributed by atoms with E-state index in [-0.39, 0.29) is 0 Å². The van der Waals surface area contributed by atoms with Gasteiger partial charge in [0.05, 0.1) is 0 Å². The summed E-state index contributed by atoms with van der Waals surface area (Å²) in [6.45, 7) is 2.30. The van der Waals surface area contributed by atoms with E-state index in [1.165, 1.54) is 50.8 Å². The van der Waals surface area contributed by atoms with Crippen LogP contribution in [0.4, 0.5) is 0 Å².